The molecular weight excluding hydrogens is 126 g/mol. The normalized spacial score (nSPS) is 10.2. The Bertz CT molecular complexity index is 195. The van der Waals surface area contributed by atoms with Crippen molar-refractivity contribution in [2.75, 3.05) is 5.73 Å². The minimum Gasteiger partial charge on any atom is -0.382 e. The first kappa shape index (κ1) is 7.12. The molecule has 2 N–H and O–H groups in total. The molecule has 0 unspecified atom stereocenters. The molecule has 0 saturated carbocycles. The number of aryl methyl sites for hydroxylation is 2. The molecule has 1 heterocycles. The number of anilines is 1. The molecule has 0 fully saturated rings. The monoisotopic (exact) mass is 139 g/mol. The van der Waals surface area contributed by atoms with Crippen molar-refractivity contribution in [2.45, 2.75) is 26.8 Å². The van der Waals surface area contributed by atoms with E-state index < -0.39 is 0 Å². The van der Waals surface area contributed by atoms with E-state index in [9.17, 15) is 0 Å². The van der Waals surface area contributed by atoms with Gasteiger partial charge in [0.05, 0.1) is 0 Å². The zero-order chi connectivity index (χ0) is 7.56. The molecule has 0 aromatic carbocycles. The Kier molecular flexibility index (Phi) is 1.94. The Morgan fingerprint density at radius 2 is 2.40 bits per heavy atom. The van der Waals surface area contributed by atoms with Crippen LogP contribution in [0.25, 0.3) is 0 Å². The number of nitrogens with zero attached hydrogens (tertiary/aromatic N) is 2. The van der Waals surface area contributed by atoms with Gasteiger partial charge in [-0.15, -0.1) is 0 Å². The zero-order valence-corrected chi connectivity index (χ0v) is 6.46. The van der Waals surface area contributed by atoms with Crippen molar-refractivity contribution in [3.8, 4) is 0 Å². The first-order chi connectivity index (χ1) is 4.74. The largest absolute Gasteiger partial charge is 0.382 e. The Labute approximate surface area is 60.8 Å². The van der Waals surface area contributed by atoms with Crippen molar-refractivity contribution >= 4 is 5.82 Å². The smallest absolute Gasteiger partial charge is 0.148 e. The highest BCUT2D eigenvalue weighted by Crippen LogP contribution is 2.05. The predicted octanol–water partition coefficient (Wildman–Crippen LogP) is 1.18. The average Bonchev–Trinajstić information content (AvgIpc) is 2.14. The lowest BCUT2D eigenvalue weighted by atomic mass is 10.4. The molecule has 0 radical (unpaired) electrons. The van der Waals surface area contributed by atoms with Gasteiger partial charge < -0.3 is 5.73 Å². The molecule has 0 amide bonds. The van der Waals surface area contributed by atoms with E-state index in [0.717, 1.165) is 18.5 Å². The Morgan fingerprint density at radius 3 is 2.80 bits per heavy atom. The van der Waals surface area contributed by atoms with Crippen LogP contribution in [-0.2, 0) is 6.54 Å². The van der Waals surface area contributed by atoms with E-state index in [0.29, 0.717) is 5.82 Å². The molecule has 0 atom stereocenters. The number of aromatic nitrogens is 2. The van der Waals surface area contributed by atoms with Gasteiger partial charge in [0.2, 0.25) is 0 Å². The molecule has 0 aliphatic carbocycles. The molecule has 1 aromatic heterocycles. The first-order valence-electron chi connectivity index (χ1n) is 3.53. The van der Waals surface area contributed by atoms with Crippen LogP contribution < -0.4 is 5.73 Å². The minimum atomic E-state index is 0.647. The highest BCUT2D eigenvalue weighted by atomic mass is 15.3. The van der Waals surface area contributed by atoms with E-state index in [-0.39, 0.29) is 0 Å². The fourth-order valence-electron chi connectivity index (χ4n) is 0.879. The lowest BCUT2D eigenvalue weighted by Gasteiger charge is -1.93. The van der Waals surface area contributed by atoms with Crippen LogP contribution >= 0.6 is 0 Å². The number of nitrogens with two attached hydrogens (primary N) is 1. The summed E-state index contributed by atoms with van der Waals surface area (Å²) in [4.78, 5) is 0. The molecule has 0 spiro atoms. The maximum Gasteiger partial charge on any atom is 0.148 e. The maximum absolute atomic E-state index is 5.54. The molecular formula is C7H13N3. The van der Waals surface area contributed by atoms with Crippen molar-refractivity contribution < 1.29 is 0 Å². The van der Waals surface area contributed by atoms with Gasteiger partial charge in [-0.05, 0) is 13.3 Å². The van der Waals surface area contributed by atoms with E-state index in [4.69, 9.17) is 5.73 Å². The third-order valence-corrected chi connectivity index (χ3v) is 1.44. The van der Waals surface area contributed by atoms with E-state index >= 15 is 0 Å². The van der Waals surface area contributed by atoms with Crippen molar-refractivity contribution in [1.29, 1.82) is 0 Å². The summed E-state index contributed by atoms with van der Waals surface area (Å²) in [5.74, 6) is 0.647. The predicted molar refractivity (Wildman–Crippen MR) is 41.7 cm³/mol. The van der Waals surface area contributed by atoms with Crippen LogP contribution in [0.2, 0.25) is 0 Å². The maximum atomic E-state index is 5.54. The summed E-state index contributed by atoms with van der Waals surface area (Å²) in [7, 11) is 0. The summed E-state index contributed by atoms with van der Waals surface area (Å²) in [6.45, 7) is 5.04. The molecule has 3 nitrogen and oxygen atoms in total. The number of rotatable bonds is 2. The van der Waals surface area contributed by atoms with Gasteiger partial charge in [0.25, 0.3) is 0 Å². The van der Waals surface area contributed by atoms with E-state index in [1.54, 1.807) is 0 Å². The van der Waals surface area contributed by atoms with E-state index in [2.05, 4.69) is 12.0 Å². The van der Waals surface area contributed by atoms with E-state index in [1.165, 1.54) is 0 Å². The molecule has 10 heavy (non-hydrogen) atoms. The third kappa shape index (κ3) is 1.29. The van der Waals surface area contributed by atoms with Crippen LogP contribution in [0.4, 0.5) is 5.82 Å². The molecule has 3 heteroatoms. The van der Waals surface area contributed by atoms with Gasteiger partial charge in [-0.3, -0.25) is 4.68 Å². The molecule has 0 aliphatic rings. The number of hydrogen-bond donors (Lipinski definition) is 1. The quantitative estimate of drug-likeness (QED) is 0.668. The number of hydrogen-bond acceptors (Lipinski definition) is 2. The fourth-order valence-corrected chi connectivity index (χ4v) is 0.879. The van der Waals surface area contributed by atoms with Gasteiger partial charge >= 0.3 is 0 Å². The first-order valence-corrected chi connectivity index (χ1v) is 3.53. The van der Waals surface area contributed by atoms with Gasteiger partial charge in [0.1, 0.15) is 5.82 Å². The Balaban J connectivity index is 2.77. The molecule has 56 valence electrons. The second-order valence-corrected chi connectivity index (χ2v) is 2.46. The Morgan fingerprint density at radius 1 is 1.70 bits per heavy atom. The summed E-state index contributed by atoms with van der Waals surface area (Å²) in [5, 5.41) is 4.09. The molecule has 0 saturated heterocycles. The van der Waals surface area contributed by atoms with Crippen molar-refractivity contribution in [3.05, 3.63) is 11.8 Å². The summed E-state index contributed by atoms with van der Waals surface area (Å²) in [5.41, 5.74) is 6.60. The summed E-state index contributed by atoms with van der Waals surface area (Å²) in [6.07, 6.45) is 3.07. The average molecular weight is 139 g/mol. The fraction of sp³-hybridized carbons (Fsp3) is 0.571. The van der Waals surface area contributed by atoms with Crippen LogP contribution in [0.3, 0.4) is 0 Å². The summed E-state index contributed by atoms with van der Waals surface area (Å²) >= 11 is 0. The Hall–Kier alpha value is -0.990. The van der Waals surface area contributed by atoms with E-state index in [1.807, 2.05) is 17.8 Å². The highest BCUT2D eigenvalue weighted by Gasteiger charge is 1.97. The molecule has 0 aliphatic heterocycles. The van der Waals surface area contributed by atoms with Crippen LogP contribution in [0, 0.1) is 6.92 Å². The lowest BCUT2D eigenvalue weighted by Crippen LogP contribution is -1.97. The van der Waals surface area contributed by atoms with Gasteiger partial charge in [-0.1, -0.05) is 6.92 Å². The SMILES string of the molecule is CCCn1cc(C)c(N)n1. The molecule has 0 bridgehead atoms. The van der Waals surface area contributed by atoms with Crippen LogP contribution in [-0.4, -0.2) is 9.78 Å². The van der Waals surface area contributed by atoms with Crippen molar-refractivity contribution in [2.24, 2.45) is 0 Å². The highest BCUT2D eigenvalue weighted by molar-refractivity contribution is 5.35. The van der Waals surface area contributed by atoms with Gasteiger partial charge in [-0.2, -0.15) is 5.10 Å². The van der Waals surface area contributed by atoms with Gasteiger partial charge in [-0.25, -0.2) is 0 Å². The molecule has 1 aromatic rings. The lowest BCUT2D eigenvalue weighted by molar-refractivity contribution is 0.605. The minimum absolute atomic E-state index is 0.647. The second kappa shape index (κ2) is 2.73. The second-order valence-electron chi connectivity index (χ2n) is 2.46. The van der Waals surface area contributed by atoms with Crippen LogP contribution in [0.1, 0.15) is 18.9 Å². The van der Waals surface area contributed by atoms with Gasteiger partial charge in [0, 0.05) is 18.3 Å². The van der Waals surface area contributed by atoms with Crippen molar-refractivity contribution in [3.63, 3.8) is 0 Å². The molecule has 1 rings (SSSR count). The van der Waals surface area contributed by atoms with Gasteiger partial charge in [0.15, 0.2) is 0 Å². The summed E-state index contributed by atoms with van der Waals surface area (Å²) in [6, 6.07) is 0. The standard InChI is InChI=1S/C7H13N3/c1-3-4-10-5-6(2)7(8)9-10/h5H,3-4H2,1-2H3,(H2,8,9). The third-order valence-electron chi connectivity index (χ3n) is 1.44. The number of nitrogen functional groups attached to an aromatic ring is 1. The van der Waals surface area contributed by atoms with Crippen LogP contribution in [0.15, 0.2) is 6.20 Å². The summed E-state index contributed by atoms with van der Waals surface area (Å²) < 4.78 is 1.88. The zero-order valence-electron chi connectivity index (χ0n) is 6.46. The topological polar surface area (TPSA) is 43.8 Å². The van der Waals surface area contributed by atoms with Crippen molar-refractivity contribution in [1.82, 2.24) is 9.78 Å². The van der Waals surface area contributed by atoms with Crippen LogP contribution in [0.5, 0.6) is 0 Å².